The molecule has 0 bridgehead atoms. The summed E-state index contributed by atoms with van der Waals surface area (Å²) in [7, 11) is 0. The van der Waals surface area contributed by atoms with Crippen LogP contribution in [-0.2, 0) is 13.0 Å². The highest BCUT2D eigenvalue weighted by Gasteiger charge is 2.23. The summed E-state index contributed by atoms with van der Waals surface area (Å²) in [5.74, 6) is 0. The molecule has 24 heavy (non-hydrogen) atoms. The second-order valence-corrected chi connectivity index (χ2v) is 6.48. The van der Waals surface area contributed by atoms with E-state index in [0.717, 1.165) is 28.4 Å². The van der Waals surface area contributed by atoms with Gasteiger partial charge in [-0.3, -0.25) is 0 Å². The molecule has 1 aliphatic rings. The first-order valence-electron chi connectivity index (χ1n) is 8.16. The van der Waals surface area contributed by atoms with Crippen LogP contribution < -0.4 is 5.32 Å². The van der Waals surface area contributed by atoms with Crippen LogP contribution in [0.3, 0.4) is 0 Å². The maximum absolute atomic E-state index is 9.08. The van der Waals surface area contributed by atoms with E-state index in [4.69, 9.17) is 16.7 Å². The number of nitrogens with one attached hydrogen (secondary N) is 1. The third-order valence-corrected chi connectivity index (χ3v) is 4.98. The number of rotatable bonds is 3. The van der Waals surface area contributed by atoms with Gasteiger partial charge in [-0.25, -0.2) is 0 Å². The van der Waals surface area contributed by atoms with E-state index in [1.165, 1.54) is 11.3 Å². The Balaban J connectivity index is 1.76. The Bertz CT molecular complexity index is 854. The van der Waals surface area contributed by atoms with E-state index < -0.39 is 0 Å². The topological polar surface area (TPSA) is 37.2 Å². The lowest BCUT2D eigenvalue weighted by Gasteiger charge is -2.18. The Morgan fingerprint density at radius 1 is 1.08 bits per heavy atom. The highest BCUT2D eigenvalue weighted by Crippen LogP contribution is 2.33. The van der Waals surface area contributed by atoms with E-state index in [-0.39, 0.29) is 12.6 Å². The third-order valence-electron chi connectivity index (χ3n) is 4.63. The maximum atomic E-state index is 9.08. The van der Waals surface area contributed by atoms with Crippen LogP contribution in [0, 0.1) is 0 Å². The zero-order chi connectivity index (χ0) is 16.5. The third kappa shape index (κ3) is 2.65. The Labute approximate surface area is 146 Å². The summed E-state index contributed by atoms with van der Waals surface area (Å²) in [6.07, 6.45) is 2.78. The number of hydrogen-bond acceptors (Lipinski definition) is 2. The van der Waals surface area contributed by atoms with Gasteiger partial charge in [0, 0.05) is 35.6 Å². The quantitative estimate of drug-likeness (QED) is 0.761. The fourth-order valence-corrected chi connectivity index (χ4v) is 3.64. The van der Waals surface area contributed by atoms with Gasteiger partial charge in [-0.2, -0.15) is 0 Å². The molecule has 0 amide bonds. The molecular weight excluding hydrogens is 320 g/mol. The molecule has 2 heterocycles. The monoisotopic (exact) mass is 338 g/mol. The number of aromatic nitrogens is 1. The maximum Gasteiger partial charge on any atom is 0.0737 e. The van der Waals surface area contributed by atoms with Gasteiger partial charge >= 0.3 is 0 Å². The van der Waals surface area contributed by atoms with Gasteiger partial charge in [0.15, 0.2) is 0 Å². The largest absolute Gasteiger partial charge is 0.396 e. The highest BCUT2D eigenvalue weighted by atomic mass is 35.5. The predicted octanol–water partition coefficient (Wildman–Crippen LogP) is 3.86. The van der Waals surface area contributed by atoms with Gasteiger partial charge in [0.2, 0.25) is 0 Å². The minimum Gasteiger partial charge on any atom is -0.396 e. The molecule has 0 spiro atoms. The Kier molecular flexibility index (Phi) is 4.15. The van der Waals surface area contributed by atoms with E-state index in [1.807, 2.05) is 12.1 Å². The summed E-state index contributed by atoms with van der Waals surface area (Å²) >= 11 is 6.42. The molecular formula is C20H19ClN2O. The van der Waals surface area contributed by atoms with Crippen molar-refractivity contribution in [3.63, 3.8) is 0 Å². The van der Waals surface area contributed by atoms with Gasteiger partial charge in [0.1, 0.15) is 0 Å². The van der Waals surface area contributed by atoms with Crippen LogP contribution in [0.4, 0.5) is 0 Å². The van der Waals surface area contributed by atoms with Crippen molar-refractivity contribution in [3.8, 4) is 5.69 Å². The first-order valence-corrected chi connectivity index (χ1v) is 8.54. The van der Waals surface area contributed by atoms with Crippen molar-refractivity contribution >= 4 is 11.6 Å². The summed E-state index contributed by atoms with van der Waals surface area (Å²) in [6.45, 7) is 0.900. The van der Waals surface area contributed by atoms with Crippen LogP contribution in [-0.4, -0.2) is 16.3 Å². The van der Waals surface area contributed by atoms with Crippen LogP contribution >= 0.6 is 11.6 Å². The van der Waals surface area contributed by atoms with Crippen molar-refractivity contribution in [2.45, 2.75) is 19.0 Å². The van der Waals surface area contributed by atoms with Crippen LogP contribution in [0.5, 0.6) is 0 Å². The summed E-state index contributed by atoms with van der Waals surface area (Å²) in [5.41, 5.74) is 5.81. The number of aliphatic hydroxyl groups is 1. The van der Waals surface area contributed by atoms with E-state index in [9.17, 15) is 0 Å². The van der Waals surface area contributed by atoms with Crippen molar-refractivity contribution in [2.75, 3.05) is 6.61 Å². The van der Waals surface area contributed by atoms with Crippen LogP contribution in [0.1, 0.15) is 28.4 Å². The predicted molar refractivity (Wildman–Crippen MR) is 96.7 cm³/mol. The summed E-state index contributed by atoms with van der Waals surface area (Å²) in [4.78, 5) is 0. The Hall–Kier alpha value is -2.07. The van der Waals surface area contributed by atoms with Crippen LogP contribution in [0.2, 0.25) is 5.02 Å². The fraction of sp³-hybridized carbons (Fsp3) is 0.200. The normalized spacial score (nSPS) is 16.3. The van der Waals surface area contributed by atoms with Crippen molar-refractivity contribution in [3.05, 3.63) is 88.2 Å². The van der Waals surface area contributed by atoms with Crippen molar-refractivity contribution in [2.24, 2.45) is 0 Å². The van der Waals surface area contributed by atoms with Gasteiger partial charge in [-0.05, 0) is 41.8 Å². The lowest BCUT2D eigenvalue weighted by Crippen LogP contribution is -2.21. The lowest BCUT2D eigenvalue weighted by atomic mass is 10.0. The molecule has 122 valence electrons. The first-order chi connectivity index (χ1) is 11.8. The van der Waals surface area contributed by atoms with Gasteiger partial charge in [0.05, 0.1) is 11.7 Å². The number of nitrogens with zero attached hydrogens (tertiary/aromatic N) is 1. The van der Waals surface area contributed by atoms with Crippen molar-refractivity contribution in [1.29, 1.82) is 0 Å². The van der Waals surface area contributed by atoms with Gasteiger partial charge in [0.25, 0.3) is 0 Å². The molecule has 3 nitrogen and oxygen atoms in total. The van der Waals surface area contributed by atoms with Crippen molar-refractivity contribution < 1.29 is 5.11 Å². The molecule has 1 aromatic heterocycles. The van der Waals surface area contributed by atoms with Crippen LogP contribution in [0.25, 0.3) is 5.69 Å². The molecule has 0 saturated carbocycles. The molecule has 1 atom stereocenters. The average molecular weight is 339 g/mol. The van der Waals surface area contributed by atoms with Gasteiger partial charge in [-0.15, -0.1) is 0 Å². The second-order valence-electron chi connectivity index (χ2n) is 6.07. The lowest BCUT2D eigenvalue weighted by molar-refractivity contribution is 0.299. The molecule has 1 aliphatic heterocycles. The molecule has 2 aromatic carbocycles. The number of halogens is 1. The Morgan fingerprint density at radius 3 is 2.71 bits per heavy atom. The van der Waals surface area contributed by atoms with Gasteiger partial charge < -0.3 is 15.0 Å². The average Bonchev–Trinajstić information content (AvgIpc) is 3.01. The zero-order valence-electron chi connectivity index (χ0n) is 13.2. The van der Waals surface area contributed by atoms with E-state index in [2.05, 4.69) is 58.5 Å². The second kappa shape index (κ2) is 6.44. The highest BCUT2D eigenvalue weighted by molar-refractivity contribution is 6.31. The molecule has 1 unspecified atom stereocenters. The molecule has 0 saturated heterocycles. The van der Waals surface area contributed by atoms with E-state index in [0.29, 0.717) is 6.42 Å². The number of aliphatic hydroxyl groups excluding tert-OH is 1. The standard InChI is InChI=1S/C20H19ClN2O/c21-17-3-1-4-18-16(17)13-22-20(19-5-2-11-23(18)19)15-8-6-14(7-9-15)10-12-24/h1-9,11,20,22,24H,10,12-13H2. The summed E-state index contributed by atoms with van der Waals surface area (Å²) in [6, 6.07) is 18.8. The molecule has 4 heteroatoms. The molecule has 0 aliphatic carbocycles. The molecule has 0 radical (unpaired) electrons. The molecule has 0 fully saturated rings. The fourth-order valence-electron chi connectivity index (χ4n) is 3.40. The number of hydrogen-bond donors (Lipinski definition) is 2. The number of fused-ring (bicyclic) bond motifs is 3. The SMILES string of the molecule is OCCc1ccc(C2NCc3c(Cl)cccc3-n3cccc32)cc1. The molecule has 2 N–H and O–H groups in total. The minimum absolute atomic E-state index is 0.103. The Morgan fingerprint density at radius 2 is 1.92 bits per heavy atom. The number of benzene rings is 2. The van der Waals surface area contributed by atoms with E-state index in [1.54, 1.807) is 0 Å². The minimum atomic E-state index is 0.103. The van der Waals surface area contributed by atoms with Crippen LogP contribution in [0.15, 0.2) is 60.8 Å². The summed E-state index contributed by atoms with van der Waals surface area (Å²) in [5, 5.41) is 13.5. The first kappa shape index (κ1) is 15.5. The summed E-state index contributed by atoms with van der Waals surface area (Å²) < 4.78 is 2.22. The van der Waals surface area contributed by atoms with E-state index >= 15 is 0 Å². The smallest absolute Gasteiger partial charge is 0.0737 e. The van der Waals surface area contributed by atoms with Gasteiger partial charge in [-0.1, -0.05) is 41.9 Å². The van der Waals surface area contributed by atoms with Crippen molar-refractivity contribution in [1.82, 2.24) is 9.88 Å². The molecule has 4 rings (SSSR count). The zero-order valence-corrected chi connectivity index (χ0v) is 14.0. The molecule has 3 aromatic rings.